The lowest BCUT2D eigenvalue weighted by Crippen LogP contribution is -2.59. The molecule has 0 aromatic heterocycles. The molecule has 0 bridgehead atoms. The molecule has 2 aliphatic rings. The molecule has 1 saturated carbocycles. The molecule has 20 heavy (non-hydrogen) atoms. The van der Waals surface area contributed by atoms with Crippen LogP contribution in [0.15, 0.2) is 0 Å². The molecular weight excluding hydrogens is 264 g/mol. The summed E-state index contributed by atoms with van der Waals surface area (Å²) in [5.41, 5.74) is 0. The second kappa shape index (κ2) is 8.05. The lowest BCUT2D eigenvalue weighted by Gasteiger charge is -2.46. The van der Waals surface area contributed by atoms with E-state index in [2.05, 4.69) is 42.1 Å². The molecule has 0 spiro atoms. The molecular formula is C17H34N2S. The lowest BCUT2D eigenvalue weighted by molar-refractivity contribution is 0.103. The summed E-state index contributed by atoms with van der Waals surface area (Å²) in [7, 11) is 0. The Morgan fingerprint density at radius 3 is 2.55 bits per heavy atom. The number of hydrogen-bond acceptors (Lipinski definition) is 3. The van der Waals surface area contributed by atoms with Crippen LogP contribution in [0.2, 0.25) is 0 Å². The molecule has 2 atom stereocenters. The van der Waals surface area contributed by atoms with E-state index in [-0.39, 0.29) is 0 Å². The number of rotatable bonds is 6. The number of thioether (sulfide) groups is 1. The summed E-state index contributed by atoms with van der Waals surface area (Å²) in [5, 5.41) is 3.77. The fraction of sp³-hybridized carbons (Fsp3) is 1.00. The summed E-state index contributed by atoms with van der Waals surface area (Å²) in [4.78, 5) is 2.83. The second-order valence-corrected chi connectivity index (χ2v) is 8.11. The van der Waals surface area contributed by atoms with Gasteiger partial charge in [-0.1, -0.05) is 39.5 Å². The van der Waals surface area contributed by atoms with Crippen LogP contribution in [0, 0.1) is 0 Å². The van der Waals surface area contributed by atoms with Gasteiger partial charge in [0.25, 0.3) is 0 Å². The second-order valence-electron chi connectivity index (χ2n) is 6.83. The minimum Gasteiger partial charge on any atom is -0.311 e. The van der Waals surface area contributed by atoms with E-state index in [0.717, 1.165) is 12.1 Å². The number of nitrogens with one attached hydrogen (secondary N) is 1. The molecule has 0 amide bonds. The minimum atomic E-state index is 0.555. The molecule has 0 aromatic rings. The van der Waals surface area contributed by atoms with Gasteiger partial charge in [-0.05, 0) is 31.9 Å². The average molecular weight is 299 g/mol. The predicted octanol–water partition coefficient (Wildman–Crippen LogP) is 3.90. The number of hydrogen-bond donors (Lipinski definition) is 1. The highest BCUT2D eigenvalue weighted by atomic mass is 32.2. The van der Waals surface area contributed by atoms with Gasteiger partial charge in [0.15, 0.2) is 0 Å². The highest BCUT2D eigenvalue weighted by molar-refractivity contribution is 8.00. The third kappa shape index (κ3) is 4.14. The lowest BCUT2D eigenvalue weighted by atomic mass is 9.87. The van der Waals surface area contributed by atoms with Crippen molar-refractivity contribution >= 4 is 11.8 Å². The van der Waals surface area contributed by atoms with E-state index in [1.165, 1.54) is 71.0 Å². The van der Waals surface area contributed by atoms with Crippen LogP contribution >= 0.6 is 11.8 Å². The molecule has 1 heterocycles. The predicted molar refractivity (Wildman–Crippen MR) is 91.7 cm³/mol. The minimum absolute atomic E-state index is 0.555. The van der Waals surface area contributed by atoms with Gasteiger partial charge in [-0.3, -0.25) is 4.90 Å². The van der Waals surface area contributed by atoms with Gasteiger partial charge in [-0.15, -0.1) is 0 Å². The Kier molecular flexibility index (Phi) is 6.70. The summed E-state index contributed by atoms with van der Waals surface area (Å²) >= 11 is 2.15. The Morgan fingerprint density at radius 1 is 1.20 bits per heavy atom. The molecule has 2 rings (SSSR count). The summed E-state index contributed by atoms with van der Waals surface area (Å²) in [6.45, 7) is 8.46. The van der Waals surface area contributed by atoms with Crippen molar-refractivity contribution in [1.82, 2.24) is 10.2 Å². The first-order valence-corrected chi connectivity index (χ1v) is 9.98. The monoisotopic (exact) mass is 298 g/mol. The normalized spacial score (nSPS) is 31.4. The number of piperazine rings is 1. The zero-order valence-corrected chi connectivity index (χ0v) is 14.6. The van der Waals surface area contributed by atoms with Crippen molar-refractivity contribution in [3.05, 3.63) is 0 Å². The maximum atomic E-state index is 3.77. The van der Waals surface area contributed by atoms with Gasteiger partial charge in [0.05, 0.1) is 0 Å². The van der Waals surface area contributed by atoms with E-state index >= 15 is 0 Å². The number of nitrogens with zero attached hydrogens (tertiary/aromatic N) is 1. The Balaban J connectivity index is 1.98. The van der Waals surface area contributed by atoms with E-state index in [1.54, 1.807) is 0 Å². The molecule has 118 valence electrons. The van der Waals surface area contributed by atoms with E-state index in [9.17, 15) is 0 Å². The smallest absolute Gasteiger partial charge is 0.0284 e. The molecule has 2 unspecified atom stereocenters. The fourth-order valence-corrected chi connectivity index (χ4v) is 5.05. The SMILES string of the molecule is CCCC1CN(CC2(SC)CCCCC2)C(CC)CN1. The molecule has 1 aliphatic heterocycles. The van der Waals surface area contributed by atoms with E-state index in [4.69, 9.17) is 0 Å². The maximum Gasteiger partial charge on any atom is 0.0284 e. The quantitative estimate of drug-likeness (QED) is 0.800. The molecule has 1 N–H and O–H groups in total. The van der Waals surface area contributed by atoms with Crippen molar-refractivity contribution in [2.24, 2.45) is 0 Å². The zero-order chi connectivity index (χ0) is 14.4. The van der Waals surface area contributed by atoms with E-state index in [1.807, 2.05) is 0 Å². The zero-order valence-electron chi connectivity index (χ0n) is 13.8. The van der Waals surface area contributed by atoms with Crippen molar-refractivity contribution in [3.63, 3.8) is 0 Å². The Labute approximate surface area is 130 Å². The van der Waals surface area contributed by atoms with E-state index < -0.39 is 0 Å². The fourth-order valence-electron chi connectivity index (χ4n) is 4.06. The van der Waals surface area contributed by atoms with Gasteiger partial charge in [0.1, 0.15) is 0 Å². The third-order valence-electron chi connectivity index (χ3n) is 5.41. The molecule has 2 fully saturated rings. The van der Waals surface area contributed by atoms with Crippen molar-refractivity contribution in [2.75, 3.05) is 25.9 Å². The van der Waals surface area contributed by atoms with Crippen LogP contribution in [0.1, 0.15) is 65.2 Å². The van der Waals surface area contributed by atoms with Crippen molar-refractivity contribution < 1.29 is 0 Å². The maximum absolute atomic E-state index is 3.77. The van der Waals surface area contributed by atoms with Crippen LogP contribution in [0.25, 0.3) is 0 Å². The Morgan fingerprint density at radius 2 is 1.95 bits per heavy atom. The molecule has 1 saturated heterocycles. The first-order valence-electron chi connectivity index (χ1n) is 8.75. The first-order chi connectivity index (χ1) is 9.73. The Bertz CT molecular complexity index is 276. The average Bonchev–Trinajstić information content (AvgIpc) is 2.49. The van der Waals surface area contributed by atoms with Crippen LogP contribution < -0.4 is 5.32 Å². The summed E-state index contributed by atoms with van der Waals surface area (Å²) < 4.78 is 0.555. The van der Waals surface area contributed by atoms with Gasteiger partial charge in [0.2, 0.25) is 0 Å². The van der Waals surface area contributed by atoms with E-state index in [0.29, 0.717) is 4.75 Å². The Hall–Kier alpha value is 0.270. The molecule has 1 aliphatic carbocycles. The van der Waals surface area contributed by atoms with Crippen molar-refractivity contribution in [1.29, 1.82) is 0 Å². The molecule has 2 nitrogen and oxygen atoms in total. The van der Waals surface area contributed by atoms with Crippen molar-refractivity contribution in [3.8, 4) is 0 Å². The molecule has 0 radical (unpaired) electrons. The third-order valence-corrected chi connectivity index (χ3v) is 6.81. The van der Waals surface area contributed by atoms with Gasteiger partial charge in [0, 0.05) is 36.5 Å². The standard InChI is InChI=1S/C17H34N2S/c1-4-9-15-13-19(16(5-2)12-18-15)14-17(20-3)10-7-6-8-11-17/h15-16,18H,4-14H2,1-3H3. The van der Waals surface area contributed by atoms with Gasteiger partial charge in [-0.2, -0.15) is 11.8 Å². The topological polar surface area (TPSA) is 15.3 Å². The summed E-state index contributed by atoms with van der Waals surface area (Å²) in [5.74, 6) is 0. The van der Waals surface area contributed by atoms with Gasteiger partial charge < -0.3 is 5.32 Å². The van der Waals surface area contributed by atoms with Crippen LogP contribution in [0.4, 0.5) is 0 Å². The van der Waals surface area contributed by atoms with Crippen molar-refractivity contribution in [2.45, 2.75) is 82.0 Å². The van der Waals surface area contributed by atoms with Gasteiger partial charge in [-0.25, -0.2) is 0 Å². The summed E-state index contributed by atoms with van der Waals surface area (Å²) in [6, 6.07) is 1.49. The van der Waals surface area contributed by atoms with Crippen LogP contribution in [-0.2, 0) is 0 Å². The van der Waals surface area contributed by atoms with Crippen LogP contribution in [0.5, 0.6) is 0 Å². The highest BCUT2D eigenvalue weighted by Gasteiger charge is 2.36. The molecule has 0 aromatic carbocycles. The largest absolute Gasteiger partial charge is 0.311 e. The first kappa shape index (κ1) is 16.6. The summed E-state index contributed by atoms with van der Waals surface area (Å²) in [6.07, 6.45) is 13.5. The van der Waals surface area contributed by atoms with Gasteiger partial charge >= 0.3 is 0 Å². The van der Waals surface area contributed by atoms with Crippen LogP contribution in [0.3, 0.4) is 0 Å². The van der Waals surface area contributed by atoms with Crippen LogP contribution in [-0.4, -0.2) is 47.6 Å². The highest BCUT2D eigenvalue weighted by Crippen LogP contribution is 2.40. The molecule has 3 heteroatoms.